The summed E-state index contributed by atoms with van der Waals surface area (Å²) in [4.78, 5) is 23.4. The maximum absolute atomic E-state index is 13.1. The van der Waals surface area contributed by atoms with Crippen molar-refractivity contribution in [2.24, 2.45) is 0 Å². The molecule has 0 rings (SSSR count). The van der Waals surface area contributed by atoms with Gasteiger partial charge in [0, 0.05) is 6.42 Å². The molecule has 0 aliphatic rings. The van der Waals surface area contributed by atoms with E-state index in [1.165, 1.54) is 244 Å². The number of hydrogen-bond acceptors (Lipinski definition) is 5. The summed E-state index contributed by atoms with van der Waals surface area (Å²) in [6.07, 6.45) is 93.2. The van der Waals surface area contributed by atoms with Crippen molar-refractivity contribution in [2.45, 2.75) is 347 Å². The highest BCUT2D eigenvalue weighted by atomic mass is 31.2. The molecule has 0 bridgehead atoms. The van der Waals surface area contributed by atoms with Crippen molar-refractivity contribution in [2.75, 3.05) is 40.9 Å². The molecule has 0 saturated heterocycles. The first kappa shape index (κ1) is 81.7. The monoisotopic (exact) mass is 1200 g/mol. The molecule has 1 amide bonds. The number of unbranched alkanes of at least 4 members (excludes halogenated alkanes) is 41. The first-order chi connectivity index (χ1) is 41.0. The third-order valence-corrected chi connectivity index (χ3v) is 17.1. The van der Waals surface area contributed by atoms with E-state index in [4.69, 9.17) is 9.05 Å². The summed E-state index contributed by atoms with van der Waals surface area (Å²) in [5, 5.41) is 14.0. The molecule has 0 aromatic heterocycles. The van der Waals surface area contributed by atoms with E-state index in [-0.39, 0.29) is 19.1 Å². The van der Waals surface area contributed by atoms with Gasteiger partial charge in [-0.1, -0.05) is 330 Å². The summed E-state index contributed by atoms with van der Waals surface area (Å²) in [5.74, 6) is -0.187. The zero-order chi connectivity index (χ0) is 61.2. The Balaban J connectivity index is 4.09. The predicted molar refractivity (Wildman–Crippen MR) is 369 cm³/mol. The molecule has 0 saturated carbocycles. The van der Waals surface area contributed by atoms with Crippen LogP contribution in [0.1, 0.15) is 335 Å². The second-order valence-electron chi connectivity index (χ2n) is 25.6. The molecule has 0 fully saturated rings. The van der Waals surface area contributed by atoms with E-state index < -0.39 is 20.0 Å². The van der Waals surface area contributed by atoms with Crippen molar-refractivity contribution in [3.05, 3.63) is 85.1 Å². The molecule has 8 nitrogen and oxygen atoms in total. The van der Waals surface area contributed by atoms with Gasteiger partial charge in [-0.05, 0) is 83.5 Å². The highest BCUT2D eigenvalue weighted by molar-refractivity contribution is 7.47. The Morgan fingerprint density at radius 3 is 1.10 bits per heavy atom. The lowest BCUT2D eigenvalue weighted by Gasteiger charge is -2.25. The van der Waals surface area contributed by atoms with E-state index in [9.17, 15) is 19.4 Å². The summed E-state index contributed by atoms with van der Waals surface area (Å²) < 4.78 is 23.8. The van der Waals surface area contributed by atoms with Crippen LogP contribution in [-0.4, -0.2) is 73.4 Å². The number of nitrogens with one attached hydrogen (secondary N) is 1. The van der Waals surface area contributed by atoms with E-state index >= 15 is 0 Å². The fourth-order valence-corrected chi connectivity index (χ4v) is 11.3. The topological polar surface area (TPSA) is 105 Å². The Morgan fingerprint density at radius 2 is 0.726 bits per heavy atom. The van der Waals surface area contributed by atoms with Crippen LogP contribution < -0.4 is 5.32 Å². The molecule has 3 unspecified atom stereocenters. The van der Waals surface area contributed by atoms with Gasteiger partial charge in [-0.15, -0.1) is 0 Å². The first-order valence-corrected chi connectivity index (χ1v) is 37.5. The molecule has 9 heteroatoms. The number of quaternary nitrogens is 1. The van der Waals surface area contributed by atoms with Crippen LogP contribution in [0.3, 0.4) is 0 Å². The predicted octanol–water partition coefficient (Wildman–Crippen LogP) is 23.1. The third kappa shape index (κ3) is 67.2. The van der Waals surface area contributed by atoms with Crippen molar-refractivity contribution in [1.29, 1.82) is 0 Å². The van der Waals surface area contributed by atoms with Gasteiger partial charge in [0.15, 0.2) is 0 Å². The molecule has 3 N–H and O–H groups in total. The number of rotatable bonds is 66. The fourth-order valence-electron chi connectivity index (χ4n) is 10.5. The number of carbonyl (C=O) groups is 1. The Labute approximate surface area is 522 Å². The lowest BCUT2D eigenvalue weighted by molar-refractivity contribution is -0.870. The molecule has 0 heterocycles. The summed E-state index contributed by atoms with van der Waals surface area (Å²) >= 11 is 0. The van der Waals surface area contributed by atoms with Gasteiger partial charge in [0.05, 0.1) is 39.9 Å². The number of aliphatic hydroxyl groups excluding tert-OH is 1. The normalized spacial score (nSPS) is 14.1. The lowest BCUT2D eigenvalue weighted by Crippen LogP contribution is -2.45. The molecular weight excluding hydrogens is 1060 g/mol. The van der Waals surface area contributed by atoms with E-state index in [2.05, 4.69) is 92.1 Å². The third-order valence-electron chi connectivity index (χ3n) is 16.1. The van der Waals surface area contributed by atoms with Crippen molar-refractivity contribution in [3.63, 3.8) is 0 Å². The second-order valence-corrected chi connectivity index (χ2v) is 27.0. The van der Waals surface area contributed by atoms with E-state index in [1.54, 1.807) is 6.08 Å². The number of phosphoric acid groups is 1. The fraction of sp³-hybridized carbons (Fsp3) is 0.800. The lowest BCUT2D eigenvalue weighted by atomic mass is 10.0. The van der Waals surface area contributed by atoms with Crippen LogP contribution in [0.15, 0.2) is 85.1 Å². The standard InChI is InChI=1S/C75H139N2O6P/c1-6-8-10-12-14-16-18-20-22-24-26-28-30-32-34-36-37-38-39-41-43-45-47-49-51-53-55-57-59-61-63-65-67-69-75(79)76-73(72-83-84(80,81)82-71-70-77(3,4)5)74(78)68-66-64-62-60-58-56-54-52-50-48-46-44-42-40-35-33-31-29-27-25-23-21-19-17-15-13-11-9-7-2/h8,10,14,16,20,22,26,28,50,52,58,60,66,68,73-74,78H,6-7,9,11-13,15,17-19,21,23-25,27,29-49,51,53-57,59,61-65,67,69-72H2,1-5H3,(H-,76,79,80,81)/p+1/b10-8-,16-14-,22-20-,28-26-,52-50+,60-58+,68-66+. The van der Waals surface area contributed by atoms with E-state index in [0.29, 0.717) is 17.4 Å². The highest BCUT2D eigenvalue weighted by Gasteiger charge is 2.28. The van der Waals surface area contributed by atoms with Crippen molar-refractivity contribution in [1.82, 2.24) is 5.32 Å². The highest BCUT2D eigenvalue weighted by Crippen LogP contribution is 2.43. The molecule has 0 aromatic rings. The number of hydrogen-bond donors (Lipinski definition) is 3. The van der Waals surface area contributed by atoms with Crippen LogP contribution in [0.5, 0.6) is 0 Å². The zero-order valence-corrected chi connectivity index (χ0v) is 57.0. The molecule has 0 aliphatic heterocycles. The maximum Gasteiger partial charge on any atom is 0.472 e. The quantitative estimate of drug-likeness (QED) is 0.0243. The van der Waals surface area contributed by atoms with Gasteiger partial charge >= 0.3 is 7.82 Å². The number of allylic oxidation sites excluding steroid dienone is 13. The minimum atomic E-state index is -4.37. The van der Waals surface area contributed by atoms with Gasteiger partial charge < -0.3 is 19.8 Å². The summed E-state index contributed by atoms with van der Waals surface area (Å²) in [5.41, 5.74) is 0. The Kier molecular flexibility index (Phi) is 63.3. The first-order valence-electron chi connectivity index (χ1n) is 36.0. The molecule has 0 aromatic carbocycles. The van der Waals surface area contributed by atoms with Crippen molar-refractivity contribution >= 4 is 13.7 Å². The van der Waals surface area contributed by atoms with Crippen LogP contribution in [-0.2, 0) is 18.4 Å². The number of amides is 1. The average molecular weight is 1200 g/mol. The summed E-state index contributed by atoms with van der Waals surface area (Å²) in [7, 11) is 1.55. The molecule has 84 heavy (non-hydrogen) atoms. The van der Waals surface area contributed by atoms with Crippen molar-refractivity contribution < 1.29 is 32.9 Å². The Hall–Kier alpha value is -2.32. The van der Waals surface area contributed by atoms with Crippen LogP contribution in [0.25, 0.3) is 0 Å². The number of carbonyl (C=O) groups excluding carboxylic acids is 1. The van der Waals surface area contributed by atoms with Gasteiger partial charge in [0.25, 0.3) is 0 Å². The van der Waals surface area contributed by atoms with Crippen LogP contribution in [0.4, 0.5) is 0 Å². The van der Waals surface area contributed by atoms with Crippen LogP contribution in [0.2, 0.25) is 0 Å². The minimum absolute atomic E-state index is 0.0523. The number of nitrogens with zero attached hydrogens (tertiary/aromatic N) is 1. The van der Waals surface area contributed by atoms with Gasteiger partial charge in [-0.2, -0.15) is 0 Å². The number of likely N-dealkylation sites (N-methyl/N-ethyl adjacent to an activating group) is 1. The van der Waals surface area contributed by atoms with Crippen LogP contribution in [0, 0.1) is 0 Å². The molecule has 3 atom stereocenters. The van der Waals surface area contributed by atoms with Gasteiger partial charge in [0.1, 0.15) is 13.2 Å². The summed E-state index contributed by atoms with van der Waals surface area (Å²) in [6.45, 7) is 4.71. The average Bonchev–Trinajstić information content (AvgIpc) is 3.56. The minimum Gasteiger partial charge on any atom is -0.387 e. The zero-order valence-electron chi connectivity index (χ0n) is 56.1. The Bertz CT molecular complexity index is 1650. The summed E-state index contributed by atoms with van der Waals surface area (Å²) in [6, 6.07) is -0.874. The maximum atomic E-state index is 13.1. The smallest absolute Gasteiger partial charge is 0.387 e. The number of aliphatic hydroxyl groups is 1. The van der Waals surface area contributed by atoms with Crippen molar-refractivity contribution in [3.8, 4) is 0 Å². The molecular formula is C75H140N2O6P+. The van der Waals surface area contributed by atoms with Gasteiger partial charge in [-0.3, -0.25) is 13.8 Å². The number of phosphoric ester groups is 1. The van der Waals surface area contributed by atoms with Gasteiger partial charge in [0.2, 0.25) is 5.91 Å². The van der Waals surface area contributed by atoms with Gasteiger partial charge in [-0.25, -0.2) is 4.57 Å². The molecule has 490 valence electrons. The second kappa shape index (κ2) is 65.1. The SMILES string of the molecule is CC/C=C\C/C=C\C/C=C\C/C=C\CCCCCCCCCCCCCCCCCCCCCCC(=O)NC(COP(=O)(O)OCC[N+](C)(C)C)C(O)/C=C/CC/C=C/CC/C=C/CCCCCCCCCCCCCCCCCCCCC. The largest absolute Gasteiger partial charge is 0.472 e. The molecule has 0 spiro atoms. The molecule has 0 radical (unpaired) electrons. The molecule has 0 aliphatic carbocycles. The van der Waals surface area contributed by atoms with E-state index in [1.807, 2.05) is 27.2 Å². The Morgan fingerprint density at radius 1 is 0.417 bits per heavy atom. The van der Waals surface area contributed by atoms with Crippen LogP contribution >= 0.6 is 7.82 Å². The van der Waals surface area contributed by atoms with E-state index in [0.717, 1.165) is 70.6 Å².